The average molecular weight is 248 g/mol. The van der Waals surface area contributed by atoms with Crippen LogP contribution in [-0.2, 0) is 0 Å². The van der Waals surface area contributed by atoms with Gasteiger partial charge >= 0.3 is 5.97 Å². The van der Waals surface area contributed by atoms with Gasteiger partial charge in [-0.15, -0.1) is 11.3 Å². The van der Waals surface area contributed by atoms with E-state index in [0.29, 0.717) is 20.3 Å². The first kappa shape index (κ1) is 9.71. The summed E-state index contributed by atoms with van der Waals surface area (Å²) in [6.07, 6.45) is 0. The van der Waals surface area contributed by atoms with Crippen LogP contribution in [0.5, 0.6) is 0 Å². The van der Waals surface area contributed by atoms with Crippen LogP contribution in [0.3, 0.4) is 0 Å². The number of thiazole rings is 1. The molecule has 0 aliphatic carbocycles. The Balaban J connectivity index is 2.82. The Morgan fingerprint density at radius 3 is 2.57 bits per heavy atom. The van der Waals surface area contributed by atoms with Crippen LogP contribution in [0.2, 0.25) is 10.0 Å². The van der Waals surface area contributed by atoms with Gasteiger partial charge in [0.1, 0.15) is 5.52 Å². The minimum absolute atomic E-state index is 0.00463. The number of aromatic carboxylic acids is 1. The Bertz CT molecular complexity index is 484. The van der Waals surface area contributed by atoms with Crippen molar-refractivity contribution in [1.82, 2.24) is 4.98 Å². The van der Waals surface area contributed by atoms with Gasteiger partial charge in [0.25, 0.3) is 0 Å². The third-order valence-electron chi connectivity index (χ3n) is 1.63. The Hall–Kier alpha value is -0.840. The number of hydrogen-bond acceptors (Lipinski definition) is 3. The first-order valence-electron chi connectivity index (χ1n) is 3.57. The van der Waals surface area contributed by atoms with Gasteiger partial charge in [-0.2, -0.15) is 0 Å². The molecule has 1 N–H and O–H groups in total. The molecule has 0 radical (unpaired) electrons. The summed E-state index contributed by atoms with van der Waals surface area (Å²) in [4.78, 5) is 14.5. The molecule has 0 atom stereocenters. The molecule has 1 heterocycles. The maximum absolute atomic E-state index is 10.7. The van der Waals surface area contributed by atoms with Gasteiger partial charge in [0, 0.05) is 0 Å². The molecule has 0 bridgehead atoms. The predicted molar refractivity (Wildman–Crippen MR) is 56.6 cm³/mol. The highest BCUT2D eigenvalue weighted by molar-refractivity contribution is 7.21. The highest BCUT2D eigenvalue weighted by atomic mass is 35.5. The lowest BCUT2D eigenvalue weighted by Crippen LogP contribution is -1.93. The molecule has 72 valence electrons. The fraction of sp³-hybridized carbons (Fsp3) is 0. The molecular formula is C8H3Cl2NO2S. The lowest BCUT2D eigenvalue weighted by molar-refractivity contribution is 0.0696. The van der Waals surface area contributed by atoms with E-state index in [1.54, 1.807) is 12.1 Å². The molecule has 0 fully saturated rings. The lowest BCUT2D eigenvalue weighted by Gasteiger charge is -1.92. The second kappa shape index (κ2) is 3.38. The third kappa shape index (κ3) is 1.45. The number of hydrogen-bond donors (Lipinski definition) is 1. The number of fused-ring (bicyclic) bond motifs is 1. The largest absolute Gasteiger partial charge is 0.476 e. The molecule has 0 spiro atoms. The first-order valence-corrected chi connectivity index (χ1v) is 5.14. The van der Waals surface area contributed by atoms with E-state index < -0.39 is 5.97 Å². The van der Waals surface area contributed by atoms with Crippen LogP contribution in [0, 0.1) is 0 Å². The van der Waals surface area contributed by atoms with Crippen molar-refractivity contribution >= 4 is 50.7 Å². The molecule has 0 aliphatic rings. The quantitative estimate of drug-likeness (QED) is 0.842. The van der Waals surface area contributed by atoms with E-state index >= 15 is 0 Å². The summed E-state index contributed by atoms with van der Waals surface area (Å²) in [5, 5.41) is 9.60. The number of aromatic nitrogens is 1. The van der Waals surface area contributed by atoms with Crippen molar-refractivity contribution in [3.63, 3.8) is 0 Å². The zero-order valence-electron chi connectivity index (χ0n) is 6.62. The van der Waals surface area contributed by atoms with Crippen molar-refractivity contribution in [3.05, 3.63) is 27.2 Å². The van der Waals surface area contributed by atoms with E-state index in [1.165, 1.54) is 0 Å². The minimum Gasteiger partial charge on any atom is -0.476 e. The molecule has 3 nitrogen and oxygen atoms in total. The standard InChI is InChI=1S/C8H3Cl2NO2S/c9-3-1-2-4(10)6-5(3)11-7(14-6)8(12)13/h1-2H,(H,12,13). The van der Waals surface area contributed by atoms with E-state index in [-0.39, 0.29) is 5.01 Å². The Morgan fingerprint density at radius 1 is 1.36 bits per heavy atom. The van der Waals surface area contributed by atoms with Gasteiger partial charge in [0.15, 0.2) is 0 Å². The molecule has 0 saturated carbocycles. The van der Waals surface area contributed by atoms with Gasteiger partial charge in [-0.25, -0.2) is 9.78 Å². The number of halogens is 2. The molecule has 2 aromatic rings. The Kier molecular flexibility index (Phi) is 2.34. The van der Waals surface area contributed by atoms with Gasteiger partial charge < -0.3 is 5.11 Å². The molecular weight excluding hydrogens is 245 g/mol. The molecule has 1 aromatic heterocycles. The third-order valence-corrected chi connectivity index (χ3v) is 3.44. The second-order valence-electron chi connectivity index (χ2n) is 2.53. The predicted octanol–water partition coefficient (Wildman–Crippen LogP) is 3.30. The molecule has 14 heavy (non-hydrogen) atoms. The van der Waals surface area contributed by atoms with Gasteiger partial charge in [0.2, 0.25) is 5.01 Å². The molecule has 0 unspecified atom stereocenters. The lowest BCUT2D eigenvalue weighted by atomic mass is 10.3. The summed E-state index contributed by atoms with van der Waals surface area (Å²) >= 11 is 12.7. The number of carboxylic acids is 1. The summed E-state index contributed by atoms with van der Waals surface area (Å²) in [5.74, 6) is -1.07. The van der Waals surface area contributed by atoms with Crippen molar-refractivity contribution < 1.29 is 9.90 Å². The Labute approximate surface area is 92.9 Å². The van der Waals surface area contributed by atoms with Gasteiger partial charge in [0.05, 0.1) is 14.7 Å². The van der Waals surface area contributed by atoms with Crippen LogP contribution in [0.1, 0.15) is 9.80 Å². The van der Waals surface area contributed by atoms with Crippen LogP contribution in [0.4, 0.5) is 0 Å². The second-order valence-corrected chi connectivity index (χ2v) is 4.34. The SMILES string of the molecule is O=C(O)c1nc2c(Cl)ccc(Cl)c2s1. The van der Waals surface area contributed by atoms with Crippen molar-refractivity contribution in [2.75, 3.05) is 0 Å². The molecule has 0 amide bonds. The number of benzene rings is 1. The van der Waals surface area contributed by atoms with Crippen LogP contribution in [-0.4, -0.2) is 16.1 Å². The number of rotatable bonds is 1. The van der Waals surface area contributed by atoms with E-state index in [0.717, 1.165) is 11.3 Å². The molecule has 0 aliphatic heterocycles. The van der Waals surface area contributed by atoms with E-state index in [2.05, 4.69) is 4.98 Å². The van der Waals surface area contributed by atoms with E-state index in [1.807, 2.05) is 0 Å². The molecule has 6 heteroatoms. The zero-order valence-corrected chi connectivity index (χ0v) is 8.95. The minimum atomic E-state index is -1.07. The molecule has 2 rings (SSSR count). The van der Waals surface area contributed by atoms with Crippen LogP contribution in [0.15, 0.2) is 12.1 Å². The van der Waals surface area contributed by atoms with Gasteiger partial charge in [-0.3, -0.25) is 0 Å². The van der Waals surface area contributed by atoms with Crippen LogP contribution >= 0.6 is 34.5 Å². The fourth-order valence-corrected chi connectivity index (χ4v) is 2.40. The fourth-order valence-electron chi connectivity index (χ4n) is 1.04. The smallest absolute Gasteiger partial charge is 0.365 e. The normalized spacial score (nSPS) is 10.7. The molecule has 0 saturated heterocycles. The summed E-state index contributed by atoms with van der Waals surface area (Å²) in [6, 6.07) is 3.22. The van der Waals surface area contributed by atoms with E-state index in [9.17, 15) is 4.79 Å². The van der Waals surface area contributed by atoms with Gasteiger partial charge in [-0.05, 0) is 12.1 Å². The maximum atomic E-state index is 10.7. The Morgan fingerprint density at radius 2 is 2.00 bits per heavy atom. The molecule has 1 aromatic carbocycles. The summed E-state index contributed by atoms with van der Waals surface area (Å²) in [6.45, 7) is 0. The number of nitrogens with zero attached hydrogens (tertiary/aromatic N) is 1. The van der Waals surface area contributed by atoms with Crippen molar-refractivity contribution in [3.8, 4) is 0 Å². The number of carbonyl (C=O) groups is 1. The van der Waals surface area contributed by atoms with Crippen LogP contribution < -0.4 is 0 Å². The topological polar surface area (TPSA) is 50.2 Å². The summed E-state index contributed by atoms with van der Waals surface area (Å²) < 4.78 is 0.608. The average Bonchev–Trinajstić information content (AvgIpc) is 2.57. The zero-order chi connectivity index (χ0) is 10.3. The van der Waals surface area contributed by atoms with Crippen LogP contribution in [0.25, 0.3) is 10.2 Å². The van der Waals surface area contributed by atoms with Crippen molar-refractivity contribution in [2.24, 2.45) is 0 Å². The van der Waals surface area contributed by atoms with E-state index in [4.69, 9.17) is 28.3 Å². The van der Waals surface area contributed by atoms with Crippen molar-refractivity contribution in [2.45, 2.75) is 0 Å². The highest BCUT2D eigenvalue weighted by Crippen LogP contribution is 2.33. The monoisotopic (exact) mass is 247 g/mol. The first-order chi connectivity index (χ1) is 6.59. The highest BCUT2D eigenvalue weighted by Gasteiger charge is 2.14. The maximum Gasteiger partial charge on any atom is 0.365 e. The van der Waals surface area contributed by atoms with Crippen molar-refractivity contribution in [1.29, 1.82) is 0 Å². The van der Waals surface area contributed by atoms with Gasteiger partial charge in [-0.1, -0.05) is 23.2 Å². The number of carboxylic acid groups (broad SMARTS) is 1. The summed E-state index contributed by atoms with van der Waals surface area (Å²) in [5.41, 5.74) is 0.446. The summed E-state index contributed by atoms with van der Waals surface area (Å²) in [7, 11) is 0.